The number of anilines is 2. The molecule has 1 heterocycles. The molecule has 0 saturated heterocycles. The molecular weight excluding hydrogens is 248 g/mol. The lowest BCUT2D eigenvalue weighted by Crippen LogP contribution is -2.06. The number of aryl methyl sites for hydroxylation is 1. The largest absolute Gasteiger partial charge is 0.369 e. The Morgan fingerprint density at radius 3 is 2.20 bits per heavy atom. The van der Waals surface area contributed by atoms with Crippen molar-refractivity contribution >= 4 is 11.6 Å². The summed E-state index contributed by atoms with van der Waals surface area (Å²) in [7, 11) is 0. The molecule has 1 aromatic heterocycles. The topological polar surface area (TPSA) is 49.8 Å². The van der Waals surface area contributed by atoms with Gasteiger partial charge in [0.05, 0.1) is 12.4 Å². The van der Waals surface area contributed by atoms with Gasteiger partial charge in [-0.1, -0.05) is 38.1 Å². The van der Waals surface area contributed by atoms with Gasteiger partial charge in [-0.15, -0.1) is 0 Å². The Morgan fingerprint density at radius 1 is 0.900 bits per heavy atom. The number of nitrogens with zero attached hydrogens (tertiary/aromatic N) is 2. The average Bonchev–Trinajstić information content (AvgIpc) is 2.52. The molecule has 0 saturated carbocycles. The lowest BCUT2D eigenvalue weighted by molar-refractivity contribution is 0.962. The third-order valence-electron chi connectivity index (χ3n) is 3.10. The SMILES string of the molecule is CCCNc1cncc(NCc2ccc(CC)cc2)n1. The molecule has 2 N–H and O–H groups in total. The van der Waals surface area contributed by atoms with Crippen molar-refractivity contribution in [3.05, 3.63) is 47.8 Å². The van der Waals surface area contributed by atoms with E-state index >= 15 is 0 Å². The summed E-state index contributed by atoms with van der Waals surface area (Å²) in [6.07, 6.45) is 5.64. The maximum absolute atomic E-state index is 4.47. The second kappa shape index (κ2) is 7.48. The molecule has 20 heavy (non-hydrogen) atoms. The average molecular weight is 270 g/mol. The van der Waals surface area contributed by atoms with Crippen LogP contribution >= 0.6 is 0 Å². The minimum absolute atomic E-state index is 0.760. The predicted octanol–water partition coefficient (Wildman–Crippen LogP) is 3.47. The van der Waals surface area contributed by atoms with E-state index in [4.69, 9.17) is 0 Å². The second-order valence-corrected chi connectivity index (χ2v) is 4.74. The minimum atomic E-state index is 0.760. The van der Waals surface area contributed by atoms with Crippen LogP contribution in [0.25, 0.3) is 0 Å². The van der Waals surface area contributed by atoms with Crippen molar-refractivity contribution in [2.75, 3.05) is 17.2 Å². The third kappa shape index (κ3) is 4.23. The van der Waals surface area contributed by atoms with Crippen molar-refractivity contribution in [2.45, 2.75) is 33.2 Å². The van der Waals surface area contributed by atoms with E-state index in [1.54, 1.807) is 12.4 Å². The van der Waals surface area contributed by atoms with Crippen LogP contribution in [0.4, 0.5) is 11.6 Å². The van der Waals surface area contributed by atoms with Crippen LogP contribution in [0.5, 0.6) is 0 Å². The summed E-state index contributed by atoms with van der Waals surface area (Å²) in [6.45, 7) is 5.96. The van der Waals surface area contributed by atoms with Crippen molar-refractivity contribution in [3.8, 4) is 0 Å². The number of benzene rings is 1. The van der Waals surface area contributed by atoms with Gasteiger partial charge in [-0.3, -0.25) is 4.98 Å². The summed E-state index contributed by atoms with van der Waals surface area (Å²) >= 11 is 0. The van der Waals surface area contributed by atoms with Crippen molar-refractivity contribution < 1.29 is 0 Å². The highest BCUT2D eigenvalue weighted by molar-refractivity contribution is 5.42. The Morgan fingerprint density at radius 2 is 1.55 bits per heavy atom. The summed E-state index contributed by atoms with van der Waals surface area (Å²) in [4.78, 5) is 8.66. The summed E-state index contributed by atoms with van der Waals surface area (Å²) < 4.78 is 0. The van der Waals surface area contributed by atoms with Gasteiger partial charge in [0.1, 0.15) is 11.6 Å². The van der Waals surface area contributed by atoms with Gasteiger partial charge in [0.2, 0.25) is 0 Å². The highest BCUT2D eigenvalue weighted by Crippen LogP contribution is 2.10. The second-order valence-electron chi connectivity index (χ2n) is 4.74. The zero-order chi connectivity index (χ0) is 14.2. The molecule has 0 amide bonds. The van der Waals surface area contributed by atoms with Crippen molar-refractivity contribution in [3.63, 3.8) is 0 Å². The van der Waals surface area contributed by atoms with Crippen LogP contribution in [-0.4, -0.2) is 16.5 Å². The van der Waals surface area contributed by atoms with Crippen molar-refractivity contribution in [1.29, 1.82) is 0 Å². The van der Waals surface area contributed by atoms with Crippen LogP contribution in [0.1, 0.15) is 31.4 Å². The Balaban J connectivity index is 1.92. The molecule has 0 radical (unpaired) electrons. The molecule has 0 bridgehead atoms. The molecule has 0 aliphatic rings. The Labute approximate surface area is 120 Å². The normalized spacial score (nSPS) is 10.3. The maximum atomic E-state index is 4.47. The first-order valence-corrected chi connectivity index (χ1v) is 7.19. The van der Waals surface area contributed by atoms with E-state index < -0.39 is 0 Å². The molecular formula is C16H22N4. The number of hydrogen-bond donors (Lipinski definition) is 2. The molecule has 0 spiro atoms. The third-order valence-corrected chi connectivity index (χ3v) is 3.10. The summed E-state index contributed by atoms with van der Waals surface area (Å²) in [5.41, 5.74) is 2.61. The van der Waals surface area contributed by atoms with Crippen molar-refractivity contribution in [1.82, 2.24) is 9.97 Å². The molecule has 0 aliphatic heterocycles. The first-order chi connectivity index (χ1) is 9.81. The summed E-state index contributed by atoms with van der Waals surface area (Å²) in [6, 6.07) is 8.64. The number of rotatable bonds is 7. The quantitative estimate of drug-likeness (QED) is 0.809. The van der Waals surface area contributed by atoms with E-state index in [2.05, 4.69) is 58.7 Å². The van der Waals surface area contributed by atoms with Crippen LogP contribution in [0.3, 0.4) is 0 Å². The lowest BCUT2D eigenvalue weighted by atomic mass is 10.1. The molecule has 0 unspecified atom stereocenters. The molecule has 4 heteroatoms. The van der Waals surface area contributed by atoms with Crippen molar-refractivity contribution in [2.24, 2.45) is 0 Å². The van der Waals surface area contributed by atoms with Gasteiger partial charge in [-0.05, 0) is 24.0 Å². The van der Waals surface area contributed by atoms with Gasteiger partial charge in [-0.2, -0.15) is 0 Å². The smallest absolute Gasteiger partial charge is 0.147 e. The fourth-order valence-corrected chi connectivity index (χ4v) is 1.87. The van der Waals surface area contributed by atoms with E-state index in [-0.39, 0.29) is 0 Å². The number of nitrogens with one attached hydrogen (secondary N) is 2. The van der Waals surface area contributed by atoms with Crippen LogP contribution in [0.15, 0.2) is 36.7 Å². The Kier molecular flexibility index (Phi) is 5.35. The van der Waals surface area contributed by atoms with E-state index in [0.717, 1.165) is 37.6 Å². The molecule has 0 aliphatic carbocycles. The van der Waals surface area contributed by atoms with Crippen LogP contribution < -0.4 is 10.6 Å². The molecule has 2 aromatic rings. The molecule has 4 nitrogen and oxygen atoms in total. The summed E-state index contributed by atoms with van der Waals surface area (Å²) in [5, 5.41) is 6.54. The lowest BCUT2D eigenvalue weighted by Gasteiger charge is -2.08. The van der Waals surface area contributed by atoms with Crippen LogP contribution in [0, 0.1) is 0 Å². The van der Waals surface area contributed by atoms with E-state index in [9.17, 15) is 0 Å². The van der Waals surface area contributed by atoms with Gasteiger partial charge in [0.25, 0.3) is 0 Å². The zero-order valence-electron chi connectivity index (χ0n) is 12.2. The highest BCUT2D eigenvalue weighted by atomic mass is 15.1. The standard InChI is InChI=1S/C16H22N4/c1-3-9-18-15-11-17-12-16(20-15)19-10-14-7-5-13(4-2)6-8-14/h5-8,11-12H,3-4,9-10H2,1-2H3,(H2,18,19,20). The molecule has 0 atom stereocenters. The number of hydrogen-bond acceptors (Lipinski definition) is 4. The zero-order valence-corrected chi connectivity index (χ0v) is 12.2. The monoisotopic (exact) mass is 270 g/mol. The van der Waals surface area contributed by atoms with Gasteiger partial charge in [0, 0.05) is 13.1 Å². The van der Waals surface area contributed by atoms with Gasteiger partial charge in [-0.25, -0.2) is 4.98 Å². The van der Waals surface area contributed by atoms with E-state index in [1.165, 1.54) is 11.1 Å². The van der Waals surface area contributed by atoms with Gasteiger partial charge < -0.3 is 10.6 Å². The summed E-state index contributed by atoms with van der Waals surface area (Å²) in [5.74, 6) is 1.61. The molecule has 106 valence electrons. The Hall–Kier alpha value is -2.10. The van der Waals surface area contributed by atoms with Crippen LogP contribution in [-0.2, 0) is 13.0 Å². The van der Waals surface area contributed by atoms with Gasteiger partial charge in [0.15, 0.2) is 0 Å². The molecule has 1 aromatic carbocycles. The van der Waals surface area contributed by atoms with E-state index in [1.807, 2.05) is 0 Å². The van der Waals surface area contributed by atoms with Gasteiger partial charge >= 0.3 is 0 Å². The first-order valence-electron chi connectivity index (χ1n) is 7.19. The predicted molar refractivity (Wildman–Crippen MR) is 84.0 cm³/mol. The highest BCUT2D eigenvalue weighted by Gasteiger charge is 1.99. The van der Waals surface area contributed by atoms with Crippen LogP contribution in [0.2, 0.25) is 0 Å². The maximum Gasteiger partial charge on any atom is 0.147 e. The Bertz CT molecular complexity index is 522. The van der Waals surface area contributed by atoms with E-state index in [0.29, 0.717) is 0 Å². The fraction of sp³-hybridized carbons (Fsp3) is 0.375. The first kappa shape index (κ1) is 14.3. The molecule has 2 rings (SSSR count). The number of aromatic nitrogens is 2. The minimum Gasteiger partial charge on any atom is -0.369 e. The molecule has 0 fully saturated rings. The fourth-order valence-electron chi connectivity index (χ4n) is 1.87.